The van der Waals surface area contributed by atoms with Gasteiger partial charge in [-0.2, -0.15) is 0 Å². The van der Waals surface area contributed by atoms with Gasteiger partial charge in [0.15, 0.2) is 0 Å². The molecule has 0 saturated carbocycles. The summed E-state index contributed by atoms with van der Waals surface area (Å²) in [5, 5.41) is 10.9. The topological polar surface area (TPSA) is 163 Å². The first-order valence-corrected chi connectivity index (χ1v) is 12.8. The smallest absolute Gasteiger partial charge is 0.315 e. The van der Waals surface area contributed by atoms with Gasteiger partial charge in [-0.3, -0.25) is 19.2 Å². The van der Waals surface area contributed by atoms with Gasteiger partial charge in [-0.15, -0.1) is 6.58 Å². The molecule has 0 aromatic heterocycles. The Labute approximate surface area is 220 Å². The molecule has 1 heterocycles. The lowest BCUT2D eigenvalue weighted by Crippen LogP contribution is -2.59. The molecule has 37 heavy (non-hydrogen) atoms. The van der Waals surface area contributed by atoms with E-state index >= 15 is 0 Å². The Balaban J connectivity index is 2.90. The van der Waals surface area contributed by atoms with Crippen LogP contribution >= 0.6 is 0 Å². The minimum atomic E-state index is -0.988. The molecule has 3 atom stereocenters. The van der Waals surface area contributed by atoms with Gasteiger partial charge in [0, 0.05) is 32.5 Å². The van der Waals surface area contributed by atoms with Crippen molar-refractivity contribution in [2.75, 3.05) is 19.6 Å². The van der Waals surface area contributed by atoms with Crippen LogP contribution in [-0.2, 0) is 19.2 Å². The number of nitrogens with one attached hydrogen (secondary N) is 4. The molecule has 0 aliphatic carbocycles. The van der Waals surface area contributed by atoms with Crippen molar-refractivity contribution < 1.29 is 24.0 Å². The molecule has 0 aromatic carbocycles. The number of hydrogen-bond donors (Lipinski definition) is 5. The average Bonchev–Trinajstić information content (AvgIpc) is 3.15. The first-order chi connectivity index (χ1) is 17.0. The van der Waals surface area contributed by atoms with Crippen LogP contribution in [0.2, 0.25) is 0 Å². The van der Waals surface area contributed by atoms with Gasteiger partial charge < -0.3 is 31.9 Å². The number of nitrogens with two attached hydrogens (primary N) is 1. The van der Waals surface area contributed by atoms with Crippen molar-refractivity contribution in [3.05, 3.63) is 12.7 Å². The van der Waals surface area contributed by atoms with Crippen LogP contribution in [0.15, 0.2) is 12.7 Å². The molecule has 0 aromatic rings. The summed E-state index contributed by atoms with van der Waals surface area (Å²) >= 11 is 0. The maximum absolute atomic E-state index is 13.4. The fraction of sp³-hybridized carbons (Fsp3) is 0.731. The Hall–Kier alpha value is -3.11. The second kappa shape index (κ2) is 14.0. The molecule has 0 spiro atoms. The van der Waals surface area contributed by atoms with Crippen molar-refractivity contribution in [3.63, 3.8) is 0 Å². The zero-order chi connectivity index (χ0) is 28.4. The Morgan fingerprint density at radius 2 is 1.65 bits per heavy atom. The van der Waals surface area contributed by atoms with E-state index in [1.54, 1.807) is 0 Å². The van der Waals surface area contributed by atoms with Crippen molar-refractivity contribution in [2.24, 2.45) is 16.6 Å². The zero-order valence-electron chi connectivity index (χ0n) is 23.2. The third-order valence-corrected chi connectivity index (χ3v) is 5.73. The second-order valence-electron chi connectivity index (χ2n) is 12.0. The van der Waals surface area contributed by atoms with Crippen LogP contribution in [0.3, 0.4) is 0 Å². The number of carbonyl (C=O) groups is 5. The maximum Gasteiger partial charge on any atom is 0.315 e. The van der Waals surface area contributed by atoms with Crippen LogP contribution in [0, 0.1) is 10.8 Å². The summed E-state index contributed by atoms with van der Waals surface area (Å²) in [6.07, 6.45) is 3.15. The minimum Gasteiger partial charge on any atom is -0.368 e. The molecular formula is C26H46N6O5. The van der Waals surface area contributed by atoms with Crippen molar-refractivity contribution in [1.82, 2.24) is 26.2 Å². The molecule has 6 amide bonds. The van der Waals surface area contributed by atoms with E-state index in [0.717, 1.165) is 0 Å². The van der Waals surface area contributed by atoms with Crippen LogP contribution in [0.4, 0.5) is 4.79 Å². The molecule has 1 fully saturated rings. The highest BCUT2D eigenvalue weighted by Crippen LogP contribution is 2.25. The SMILES string of the molecule is C=CCNC(=O)NC1CCN(C(=O)CC(C)(C)C)C1C(=O)NC(CCCNC(=O)CC(C)(C)C)C(N)=O. The summed E-state index contributed by atoms with van der Waals surface area (Å²) in [4.78, 5) is 64.3. The van der Waals surface area contributed by atoms with Crippen LogP contribution in [-0.4, -0.2) is 72.3 Å². The lowest BCUT2D eigenvalue weighted by atomic mass is 9.91. The van der Waals surface area contributed by atoms with E-state index < -0.39 is 36.0 Å². The number of rotatable bonds is 12. The van der Waals surface area contributed by atoms with E-state index in [4.69, 9.17) is 5.73 Å². The van der Waals surface area contributed by atoms with E-state index in [2.05, 4.69) is 27.8 Å². The largest absolute Gasteiger partial charge is 0.368 e. The Kier molecular flexibility index (Phi) is 12.1. The van der Waals surface area contributed by atoms with Gasteiger partial charge in [0.1, 0.15) is 12.1 Å². The van der Waals surface area contributed by atoms with Crippen LogP contribution < -0.4 is 27.0 Å². The first kappa shape index (κ1) is 31.9. The fourth-order valence-electron chi connectivity index (χ4n) is 4.11. The fourth-order valence-corrected chi connectivity index (χ4v) is 4.11. The molecule has 0 radical (unpaired) electrons. The van der Waals surface area contributed by atoms with Crippen LogP contribution in [0.5, 0.6) is 0 Å². The summed E-state index contributed by atoms with van der Waals surface area (Å²) in [7, 11) is 0. The molecule has 1 aliphatic heterocycles. The first-order valence-electron chi connectivity index (χ1n) is 12.8. The number of primary amides is 1. The molecule has 6 N–H and O–H groups in total. The van der Waals surface area contributed by atoms with E-state index in [1.807, 2.05) is 41.5 Å². The predicted molar refractivity (Wildman–Crippen MR) is 142 cm³/mol. The lowest BCUT2D eigenvalue weighted by Gasteiger charge is -2.31. The zero-order valence-corrected chi connectivity index (χ0v) is 23.2. The van der Waals surface area contributed by atoms with Gasteiger partial charge in [0.05, 0.1) is 6.04 Å². The molecule has 210 valence electrons. The number of nitrogens with zero attached hydrogens (tertiary/aromatic N) is 1. The number of likely N-dealkylation sites (tertiary alicyclic amines) is 1. The summed E-state index contributed by atoms with van der Waals surface area (Å²) < 4.78 is 0. The van der Waals surface area contributed by atoms with E-state index in [-0.39, 0.29) is 42.0 Å². The summed E-state index contributed by atoms with van der Waals surface area (Å²) in [5.74, 6) is -1.57. The number of urea groups is 1. The maximum atomic E-state index is 13.4. The van der Waals surface area contributed by atoms with Gasteiger partial charge in [0.25, 0.3) is 0 Å². The standard InChI is InChI=1S/C26H46N6O5/c1-8-12-29-24(37)31-17-11-14-32(20(34)16-26(5,6)7)21(17)23(36)30-18(22(27)35)10-9-13-28-19(33)15-25(2,3)4/h8,17-18,21H,1,9-16H2,2-7H3,(H2,27,35)(H,28,33)(H,30,36)(H2,29,31,37). The van der Waals surface area contributed by atoms with Gasteiger partial charge in [-0.05, 0) is 30.1 Å². The quantitative estimate of drug-likeness (QED) is 0.192. The normalized spacial score (nSPS) is 18.5. The second-order valence-corrected chi connectivity index (χ2v) is 12.0. The summed E-state index contributed by atoms with van der Waals surface area (Å²) in [6.45, 7) is 16.1. The Morgan fingerprint density at radius 1 is 1.03 bits per heavy atom. The Bertz CT molecular complexity index is 845. The van der Waals surface area contributed by atoms with Crippen LogP contribution in [0.1, 0.15) is 73.6 Å². The molecule has 1 aliphatic rings. The highest BCUT2D eigenvalue weighted by Gasteiger charge is 2.43. The Morgan fingerprint density at radius 3 is 2.19 bits per heavy atom. The average molecular weight is 523 g/mol. The van der Waals surface area contributed by atoms with Gasteiger partial charge in [-0.1, -0.05) is 47.6 Å². The third-order valence-electron chi connectivity index (χ3n) is 5.73. The highest BCUT2D eigenvalue weighted by molar-refractivity contribution is 5.93. The van der Waals surface area contributed by atoms with Crippen molar-refractivity contribution >= 4 is 29.7 Å². The monoisotopic (exact) mass is 522 g/mol. The molecule has 0 bridgehead atoms. The number of carbonyl (C=O) groups excluding carboxylic acids is 5. The molecular weight excluding hydrogens is 476 g/mol. The summed E-state index contributed by atoms with van der Waals surface area (Å²) in [6, 6.07) is -3.09. The minimum absolute atomic E-state index is 0.0882. The third kappa shape index (κ3) is 12.1. The van der Waals surface area contributed by atoms with Crippen molar-refractivity contribution in [3.8, 4) is 0 Å². The number of amides is 6. The lowest BCUT2D eigenvalue weighted by molar-refractivity contribution is -0.141. The summed E-state index contributed by atoms with van der Waals surface area (Å²) in [5.41, 5.74) is 5.11. The highest BCUT2D eigenvalue weighted by atomic mass is 16.2. The number of hydrogen-bond acceptors (Lipinski definition) is 5. The molecule has 3 unspecified atom stereocenters. The van der Waals surface area contributed by atoms with E-state index in [1.165, 1.54) is 11.0 Å². The van der Waals surface area contributed by atoms with Gasteiger partial charge in [-0.25, -0.2) is 4.79 Å². The van der Waals surface area contributed by atoms with Crippen molar-refractivity contribution in [1.29, 1.82) is 0 Å². The predicted octanol–water partition coefficient (Wildman–Crippen LogP) is 1.18. The molecule has 11 nitrogen and oxygen atoms in total. The van der Waals surface area contributed by atoms with Crippen molar-refractivity contribution in [2.45, 2.75) is 91.8 Å². The van der Waals surface area contributed by atoms with Crippen LogP contribution in [0.25, 0.3) is 0 Å². The van der Waals surface area contributed by atoms with Gasteiger partial charge >= 0.3 is 6.03 Å². The molecule has 1 rings (SSSR count). The van der Waals surface area contributed by atoms with E-state index in [9.17, 15) is 24.0 Å². The molecule has 11 heteroatoms. The molecule has 1 saturated heterocycles. The van der Waals surface area contributed by atoms with Gasteiger partial charge in [0.2, 0.25) is 23.6 Å². The van der Waals surface area contributed by atoms with E-state index in [0.29, 0.717) is 32.4 Å².